The fourth-order valence-corrected chi connectivity index (χ4v) is 2.80. The Morgan fingerprint density at radius 2 is 1.38 bits per heavy atom. The number of carbonyl (C=O) groups is 2. The summed E-state index contributed by atoms with van der Waals surface area (Å²) in [6, 6.07) is 7.24. The smallest absolute Gasteiger partial charge is 0.238 e. The first-order chi connectivity index (χ1) is 11.7. The molecule has 0 bridgehead atoms. The minimum Gasteiger partial charge on any atom is -0.326 e. The number of halogens is 2. The van der Waals surface area contributed by atoms with Crippen LogP contribution in [0.5, 0.6) is 0 Å². The van der Waals surface area contributed by atoms with Gasteiger partial charge >= 0.3 is 0 Å². The monoisotopic (exact) mass is 404 g/mol. The minimum atomic E-state index is -0.0256. The average Bonchev–Trinajstić information content (AvgIpc) is 2.83. The van der Waals surface area contributed by atoms with Gasteiger partial charge in [-0.3, -0.25) is 14.5 Å². The summed E-state index contributed by atoms with van der Waals surface area (Å²) in [6.45, 7) is 3.11. The number of nitrogens with one attached hydrogen (secondary N) is 3. The molecule has 148 valence electrons. The molecule has 0 radical (unpaired) electrons. The Kier molecular flexibility index (Phi) is 13.1. The van der Waals surface area contributed by atoms with Gasteiger partial charge in [-0.2, -0.15) is 0 Å². The predicted octanol–water partition coefficient (Wildman–Crippen LogP) is 2.89. The number of benzene rings is 1. The maximum Gasteiger partial charge on any atom is 0.238 e. The molecule has 8 heteroatoms. The van der Waals surface area contributed by atoms with E-state index >= 15 is 0 Å². The van der Waals surface area contributed by atoms with E-state index in [1.807, 2.05) is 19.2 Å². The lowest BCUT2D eigenvalue weighted by atomic mass is 10.2. The molecule has 1 aliphatic rings. The highest BCUT2D eigenvalue weighted by molar-refractivity contribution is 5.93. The van der Waals surface area contributed by atoms with E-state index in [4.69, 9.17) is 0 Å². The van der Waals surface area contributed by atoms with E-state index in [9.17, 15) is 9.59 Å². The average molecular weight is 405 g/mol. The molecule has 6 nitrogen and oxygen atoms in total. The van der Waals surface area contributed by atoms with Gasteiger partial charge in [-0.15, -0.1) is 24.8 Å². The SMILES string of the molecule is CNCCC(=O)Nc1ccc(NC(=O)CN2CCCCCC2)cc1.Cl.Cl. The second kappa shape index (κ2) is 13.8. The minimum absolute atomic E-state index is 0. The quantitative estimate of drug-likeness (QED) is 0.652. The normalized spacial score (nSPS) is 14.3. The van der Waals surface area contributed by atoms with Gasteiger partial charge in [-0.05, 0) is 57.2 Å². The molecule has 1 aliphatic heterocycles. The summed E-state index contributed by atoms with van der Waals surface area (Å²) in [5.74, 6) is -0.00925. The lowest BCUT2D eigenvalue weighted by molar-refractivity contribution is -0.117. The summed E-state index contributed by atoms with van der Waals surface area (Å²) in [6.07, 6.45) is 5.31. The van der Waals surface area contributed by atoms with E-state index in [2.05, 4.69) is 20.9 Å². The summed E-state index contributed by atoms with van der Waals surface area (Å²) >= 11 is 0. The molecule has 0 saturated carbocycles. The molecule has 0 spiro atoms. The predicted molar refractivity (Wildman–Crippen MR) is 112 cm³/mol. The van der Waals surface area contributed by atoms with Crippen LogP contribution >= 0.6 is 24.8 Å². The largest absolute Gasteiger partial charge is 0.326 e. The first-order valence-electron chi connectivity index (χ1n) is 8.74. The Balaban J connectivity index is 0.00000312. The number of hydrogen-bond donors (Lipinski definition) is 3. The van der Waals surface area contributed by atoms with Crippen molar-refractivity contribution in [3.8, 4) is 0 Å². The number of hydrogen-bond acceptors (Lipinski definition) is 4. The van der Waals surface area contributed by atoms with Gasteiger partial charge < -0.3 is 16.0 Å². The lowest BCUT2D eigenvalue weighted by Crippen LogP contribution is -2.33. The maximum atomic E-state index is 12.1. The van der Waals surface area contributed by atoms with E-state index in [0.29, 0.717) is 19.5 Å². The molecular formula is C18H30Cl2N4O2. The van der Waals surface area contributed by atoms with Crippen LogP contribution in [0.1, 0.15) is 32.1 Å². The molecule has 0 atom stereocenters. The summed E-state index contributed by atoms with van der Waals surface area (Å²) in [7, 11) is 1.82. The van der Waals surface area contributed by atoms with Gasteiger partial charge in [-0.1, -0.05) is 12.8 Å². The highest BCUT2D eigenvalue weighted by Crippen LogP contribution is 2.14. The van der Waals surface area contributed by atoms with Crippen molar-refractivity contribution in [1.29, 1.82) is 0 Å². The molecule has 1 heterocycles. The molecule has 1 aromatic rings. The van der Waals surface area contributed by atoms with E-state index in [0.717, 1.165) is 24.5 Å². The fourth-order valence-electron chi connectivity index (χ4n) is 2.80. The third-order valence-corrected chi connectivity index (χ3v) is 4.12. The zero-order chi connectivity index (χ0) is 17.2. The fraction of sp³-hybridized carbons (Fsp3) is 0.556. The van der Waals surface area contributed by atoms with Crippen molar-refractivity contribution in [1.82, 2.24) is 10.2 Å². The van der Waals surface area contributed by atoms with Crippen LogP contribution in [0.3, 0.4) is 0 Å². The number of amides is 2. The van der Waals surface area contributed by atoms with Crippen LogP contribution in [0.2, 0.25) is 0 Å². The van der Waals surface area contributed by atoms with Crippen molar-refractivity contribution in [3.63, 3.8) is 0 Å². The maximum absolute atomic E-state index is 12.1. The van der Waals surface area contributed by atoms with Crippen LogP contribution in [0.25, 0.3) is 0 Å². The molecule has 3 N–H and O–H groups in total. The van der Waals surface area contributed by atoms with Crippen LogP contribution < -0.4 is 16.0 Å². The van der Waals surface area contributed by atoms with Gasteiger partial charge in [0.1, 0.15) is 0 Å². The van der Waals surface area contributed by atoms with Crippen molar-refractivity contribution in [2.45, 2.75) is 32.1 Å². The first kappa shape index (κ1) is 24.7. The van der Waals surface area contributed by atoms with Crippen LogP contribution in [0.15, 0.2) is 24.3 Å². The molecule has 1 fully saturated rings. The summed E-state index contributed by atoms with van der Waals surface area (Å²) in [4.78, 5) is 26.0. The molecule has 1 saturated heterocycles. The van der Waals surface area contributed by atoms with Gasteiger partial charge in [0.15, 0.2) is 0 Å². The molecule has 26 heavy (non-hydrogen) atoms. The Bertz CT molecular complexity index is 532. The molecular weight excluding hydrogens is 375 g/mol. The number of anilines is 2. The van der Waals surface area contributed by atoms with E-state index in [1.165, 1.54) is 25.7 Å². The van der Waals surface area contributed by atoms with Crippen LogP contribution in [0, 0.1) is 0 Å². The molecule has 0 aliphatic carbocycles. The third-order valence-electron chi connectivity index (χ3n) is 4.12. The van der Waals surface area contributed by atoms with Gasteiger partial charge in [0.25, 0.3) is 0 Å². The van der Waals surface area contributed by atoms with Gasteiger partial charge in [0, 0.05) is 24.3 Å². The zero-order valence-electron chi connectivity index (χ0n) is 15.3. The van der Waals surface area contributed by atoms with Crippen molar-refractivity contribution in [3.05, 3.63) is 24.3 Å². The Morgan fingerprint density at radius 3 is 1.88 bits per heavy atom. The van der Waals surface area contributed by atoms with Gasteiger partial charge in [0.2, 0.25) is 11.8 Å². The lowest BCUT2D eigenvalue weighted by Gasteiger charge is -2.19. The standard InChI is InChI=1S/C18H28N4O2.2ClH/c1-19-11-10-17(23)20-15-6-8-16(9-7-15)21-18(24)14-22-12-4-2-3-5-13-22;;/h6-9,19H,2-5,10-14H2,1H3,(H,20,23)(H,21,24);2*1H. The third kappa shape index (κ3) is 9.38. The van der Waals surface area contributed by atoms with Crippen LogP contribution in [-0.4, -0.2) is 49.9 Å². The highest BCUT2D eigenvalue weighted by Gasteiger charge is 2.13. The van der Waals surface area contributed by atoms with E-state index in [1.54, 1.807) is 12.1 Å². The Morgan fingerprint density at radius 1 is 0.885 bits per heavy atom. The second-order valence-corrected chi connectivity index (χ2v) is 6.22. The summed E-state index contributed by atoms with van der Waals surface area (Å²) in [5, 5.41) is 8.69. The van der Waals surface area contributed by atoms with Gasteiger partial charge in [0.05, 0.1) is 6.54 Å². The van der Waals surface area contributed by atoms with E-state index < -0.39 is 0 Å². The second-order valence-electron chi connectivity index (χ2n) is 6.22. The van der Waals surface area contributed by atoms with Crippen molar-refractivity contribution in [2.75, 3.05) is 43.9 Å². The number of likely N-dealkylation sites (tertiary alicyclic amines) is 1. The topological polar surface area (TPSA) is 73.5 Å². The van der Waals surface area contributed by atoms with Gasteiger partial charge in [-0.25, -0.2) is 0 Å². The number of carbonyl (C=O) groups excluding carboxylic acids is 2. The molecule has 0 unspecified atom stereocenters. The van der Waals surface area contributed by atoms with E-state index in [-0.39, 0.29) is 36.6 Å². The van der Waals surface area contributed by atoms with Crippen LogP contribution in [0.4, 0.5) is 11.4 Å². The Labute approximate surface area is 168 Å². The van der Waals surface area contributed by atoms with Crippen molar-refractivity contribution in [2.24, 2.45) is 0 Å². The molecule has 0 aromatic heterocycles. The zero-order valence-corrected chi connectivity index (χ0v) is 16.9. The molecule has 1 aromatic carbocycles. The Hall–Kier alpha value is -1.34. The van der Waals surface area contributed by atoms with Crippen molar-refractivity contribution < 1.29 is 9.59 Å². The van der Waals surface area contributed by atoms with Crippen molar-refractivity contribution >= 4 is 48.0 Å². The highest BCUT2D eigenvalue weighted by atomic mass is 35.5. The first-order valence-corrected chi connectivity index (χ1v) is 8.74. The van der Waals surface area contributed by atoms with Crippen LogP contribution in [-0.2, 0) is 9.59 Å². The summed E-state index contributed by atoms with van der Waals surface area (Å²) < 4.78 is 0. The summed E-state index contributed by atoms with van der Waals surface area (Å²) in [5.41, 5.74) is 1.49. The molecule has 2 amide bonds. The number of nitrogens with zero attached hydrogens (tertiary/aromatic N) is 1. The number of rotatable bonds is 7. The molecule has 2 rings (SSSR count).